The number of carbonyl (C=O) groups excluding carboxylic acids is 2. The number of anilines is 1. The van der Waals surface area contributed by atoms with Gasteiger partial charge in [0.15, 0.2) is 5.69 Å². The van der Waals surface area contributed by atoms with Gasteiger partial charge in [-0.15, -0.1) is 16.9 Å². The summed E-state index contributed by atoms with van der Waals surface area (Å²) in [5.74, 6) is -0.588. The lowest BCUT2D eigenvalue weighted by Crippen LogP contribution is -2.39. The standard InChI is InChI=1S/C24H27N5O3S/c1-16-7-9-17(10-8-16)13-28-14-19(29-15-21(26-27-29)24(31)32-2)12-22(28)23(30)25-18-5-4-6-20(11-18)33-3/h4-11,15,19,22H,12-14H2,1-3H3,(H,25,30)/t19-,22+/m1/s1. The summed E-state index contributed by atoms with van der Waals surface area (Å²) in [6, 6.07) is 15.7. The highest BCUT2D eigenvalue weighted by Gasteiger charge is 2.38. The number of benzene rings is 2. The lowest BCUT2D eigenvalue weighted by molar-refractivity contribution is -0.120. The zero-order valence-electron chi connectivity index (χ0n) is 18.9. The van der Waals surface area contributed by atoms with Gasteiger partial charge in [-0.3, -0.25) is 9.69 Å². The van der Waals surface area contributed by atoms with Gasteiger partial charge in [0, 0.05) is 23.7 Å². The Hall–Kier alpha value is -3.17. The third-order valence-electron chi connectivity index (χ3n) is 5.81. The van der Waals surface area contributed by atoms with Crippen molar-refractivity contribution in [3.05, 3.63) is 71.5 Å². The summed E-state index contributed by atoms with van der Waals surface area (Å²) in [5, 5.41) is 11.1. The molecule has 2 heterocycles. The molecule has 33 heavy (non-hydrogen) atoms. The van der Waals surface area contributed by atoms with E-state index in [1.807, 2.05) is 30.5 Å². The summed E-state index contributed by atoms with van der Waals surface area (Å²) in [5.41, 5.74) is 3.26. The largest absolute Gasteiger partial charge is 0.464 e. The first-order valence-electron chi connectivity index (χ1n) is 10.7. The van der Waals surface area contributed by atoms with Gasteiger partial charge in [-0.1, -0.05) is 41.1 Å². The summed E-state index contributed by atoms with van der Waals surface area (Å²) >= 11 is 1.63. The average molecular weight is 466 g/mol. The molecule has 1 aromatic heterocycles. The van der Waals surface area contributed by atoms with E-state index in [1.165, 1.54) is 12.7 Å². The van der Waals surface area contributed by atoms with Crippen LogP contribution in [0.15, 0.2) is 59.6 Å². The molecule has 0 aliphatic carbocycles. The zero-order valence-corrected chi connectivity index (χ0v) is 19.7. The molecule has 0 bridgehead atoms. The van der Waals surface area contributed by atoms with Gasteiger partial charge in [0.2, 0.25) is 5.91 Å². The molecule has 1 amide bonds. The number of aromatic nitrogens is 3. The maximum absolute atomic E-state index is 13.3. The third kappa shape index (κ3) is 5.43. The molecule has 1 fully saturated rings. The van der Waals surface area contributed by atoms with Crippen molar-refractivity contribution in [2.75, 3.05) is 25.2 Å². The molecule has 0 spiro atoms. The highest BCUT2D eigenvalue weighted by Crippen LogP contribution is 2.30. The zero-order chi connectivity index (χ0) is 23.4. The first-order valence-corrected chi connectivity index (χ1v) is 11.9. The van der Waals surface area contributed by atoms with E-state index < -0.39 is 5.97 Å². The number of methoxy groups -OCH3 is 1. The molecular formula is C24H27N5O3S. The van der Waals surface area contributed by atoms with Crippen LogP contribution in [-0.2, 0) is 16.1 Å². The predicted molar refractivity (Wildman–Crippen MR) is 127 cm³/mol. The second-order valence-electron chi connectivity index (χ2n) is 8.12. The van der Waals surface area contributed by atoms with Crippen LogP contribution >= 0.6 is 11.8 Å². The minimum atomic E-state index is -0.529. The van der Waals surface area contributed by atoms with Gasteiger partial charge in [0.25, 0.3) is 0 Å². The Morgan fingerprint density at radius 2 is 2.00 bits per heavy atom. The van der Waals surface area contributed by atoms with E-state index in [-0.39, 0.29) is 23.7 Å². The van der Waals surface area contributed by atoms with Crippen LogP contribution in [0.25, 0.3) is 0 Å². The number of ether oxygens (including phenoxy) is 1. The molecule has 2 aromatic carbocycles. The maximum Gasteiger partial charge on any atom is 0.360 e. The Labute approximate surface area is 197 Å². The van der Waals surface area contributed by atoms with E-state index in [4.69, 9.17) is 4.74 Å². The first-order chi connectivity index (χ1) is 16.0. The van der Waals surface area contributed by atoms with Crippen LogP contribution in [0.1, 0.15) is 34.1 Å². The van der Waals surface area contributed by atoms with Crippen molar-refractivity contribution in [3.63, 3.8) is 0 Å². The van der Waals surface area contributed by atoms with Crippen molar-refractivity contribution in [2.45, 2.75) is 36.9 Å². The number of likely N-dealkylation sites (tertiary alicyclic amines) is 1. The number of carbonyl (C=O) groups is 2. The lowest BCUT2D eigenvalue weighted by atomic mass is 10.1. The number of nitrogens with one attached hydrogen (secondary N) is 1. The predicted octanol–water partition coefficient (Wildman–Crippen LogP) is 3.55. The topological polar surface area (TPSA) is 89.4 Å². The molecule has 2 atom stereocenters. The number of rotatable bonds is 7. The highest BCUT2D eigenvalue weighted by molar-refractivity contribution is 7.98. The van der Waals surface area contributed by atoms with Gasteiger partial charge in [0.05, 0.1) is 25.4 Å². The van der Waals surface area contributed by atoms with Crippen molar-refractivity contribution in [3.8, 4) is 0 Å². The first kappa shape index (κ1) is 23.0. The fourth-order valence-corrected chi connectivity index (χ4v) is 4.49. The minimum absolute atomic E-state index is 0.0591. The van der Waals surface area contributed by atoms with Gasteiger partial charge in [-0.25, -0.2) is 9.48 Å². The van der Waals surface area contributed by atoms with Crippen LogP contribution in [0.3, 0.4) is 0 Å². The number of esters is 1. The van der Waals surface area contributed by atoms with Crippen LogP contribution in [0.2, 0.25) is 0 Å². The summed E-state index contributed by atoms with van der Waals surface area (Å²) in [4.78, 5) is 28.4. The van der Waals surface area contributed by atoms with E-state index in [1.54, 1.807) is 22.6 Å². The molecule has 8 nitrogen and oxygen atoms in total. The maximum atomic E-state index is 13.3. The molecule has 9 heteroatoms. The van der Waals surface area contributed by atoms with Gasteiger partial charge in [-0.05, 0) is 43.4 Å². The van der Waals surface area contributed by atoms with Crippen molar-refractivity contribution in [1.82, 2.24) is 19.9 Å². The lowest BCUT2D eigenvalue weighted by Gasteiger charge is -2.23. The number of thioether (sulfide) groups is 1. The second-order valence-corrected chi connectivity index (χ2v) is 9.00. The Kier molecular flexibility index (Phi) is 7.10. The average Bonchev–Trinajstić information content (AvgIpc) is 3.48. The number of aryl methyl sites for hydroxylation is 1. The second kappa shape index (κ2) is 10.2. The van der Waals surface area contributed by atoms with Gasteiger partial charge >= 0.3 is 5.97 Å². The molecule has 1 aliphatic rings. The molecule has 0 unspecified atom stereocenters. The van der Waals surface area contributed by atoms with E-state index in [9.17, 15) is 9.59 Å². The van der Waals surface area contributed by atoms with Gasteiger partial charge in [0.1, 0.15) is 0 Å². The number of amides is 1. The summed E-state index contributed by atoms with van der Waals surface area (Å²) < 4.78 is 6.40. The van der Waals surface area contributed by atoms with Crippen molar-refractivity contribution >= 4 is 29.3 Å². The van der Waals surface area contributed by atoms with Crippen molar-refractivity contribution in [1.29, 1.82) is 0 Å². The normalized spacial score (nSPS) is 18.3. The highest BCUT2D eigenvalue weighted by atomic mass is 32.2. The molecule has 1 aliphatic heterocycles. The van der Waals surface area contributed by atoms with Gasteiger partial charge in [-0.2, -0.15) is 0 Å². The molecule has 1 N–H and O–H groups in total. The van der Waals surface area contributed by atoms with Crippen LogP contribution in [-0.4, -0.2) is 57.7 Å². The summed E-state index contributed by atoms with van der Waals surface area (Å²) in [6.45, 7) is 3.30. The van der Waals surface area contributed by atoms with Crippen LogP contribution in [0.5, 0.6) is 0 Å². The van der Waals surface area contributed by atoms with Crippen LogP contribution in [0.4, 0.5) is 5.69 Å². The summed E-state index contributed by atoms with van der Waals surface area (Å²) in [7, 11) is 1.31. The Morgan fingerprint density at radius 3 is 2.73 bits per heavy atom. The fourth-order valence-electron chi connectivity index (χ4n) is 4.03. The quantitative estimate of drug-likeness (QED) is 0.422. The molecule has 4 rings (SSSR count). The smallest absolute Gasteiger partial charge is 0.360 e. The van der Waals surface area contributed by atoms with E-state index in [0.29, 0.717) is 19.5 Å². The number of hydrogen-bond acceptors (Lipinski definition) is 7. The monoisotopic (exact) mass is 465 g/mol. The van der Waals surface area contributed by atoms with Crippen molar-refractivity contribution < 1.29 is 14.3 Å². The van der Waals surface area contributed by atoms with E-state index in [2.05, 4.69) is 51.7 Å². The van der Waals surface area contributed by atoms with Crippen LogP contribution in [0, 0.1) is 6.92 Å². The molecular weight excluding hydrogens is 438 g/mol. The van der Waals surface area contributed by atoms with E-state index in [0.717, 1.165) is 16.1 Å². The fraction of sp³-hybridized carbons (Fsp3) is 0.333. The molecule has 172 valence electrons. The Morgan fingerprint density at radius 1 is 1.21 bits per heavy atom. The Bertz CT molecular complexity index is 1130. The number of hydrogen-bond donors (Lipinski definition) is 1. The summed E-state index contributed by atoms with van der Waals surface area (Å²) in [6.07, 6.45) is 4.15. The molecule has 0 radical (unpaired) electrons. The van der Waals surface area contributed by atoms with E-state index >= 15 is 0 Å². The minimum Gasteiger partial charge on any atom is -0.464 e. The van der Waals surface area contributed by atoms with Crippen LogP contribution < -0.4 is 5.32 Å². The Balaban J connectivity index is 1.55. The molecule has 0 saturated carbocycles. The molecule has 3 aromatic rings. The van der Waals surface area contributed by atoms with Gasteiger partial charge < -0.3 is 10.1 Å². The number of nitrogens with zero attached hydrogens (tertiary/aromatic N) is 4. The SMILES string of the molecule is COC(=O)c1cn([C@@H]2C[C@@H](C(=O)Nc3cccc(SC)c3)N(Cc3ccc(C)cc3)C2)nn1. The molecule has 1 saturated heterocycles. The third-order valence-corrected chi connectivity index (χ3v) is 6.53. The van der Waals surface area contributed by atoms with Crippen molar-refractivity contribution in [2.24, 2.45) is 0 Å².